The van der Waals surface area contributed by atoms with E-state index >= 15 is 0 Å². The van der Waals surface area contributed by atoms with Crippen LogP contribution in [0.5, 0.6) is 0 Å². The molecule has 3 unspecified atom stereocenters. The molecule has 0 aromatic carbocycles. The molecule has 0 aliphatic heterocycles. The van der Waals surface area contributed by atoms with Crippen molar-refractivity contribution in [2.24, 2.45) is 17.8 Å². The van der Waals surface area contributed by atoms with Crippen LogP contribution < -0.4 is 0 Å². The van der Waals surface area contributed by atoms with Gasteiger partial charge in [-0.25, -0.2) is 0 Å². The fraction of sp³-hybridized carbons (Fsp3) is 1.00. The van der Waals surface area contributed by atoms with E-state index in [1.54, 1.807) is 6.42 Å². The summed E-state index contributed by atoms with van der Waals surface area (Å²) in [6, 6.07) is 0. The molecule has 114 valence electrons. The maximum absolute atomic E-state index is 2.35. The Morgan fingerprint density at radius 2 is 1.37 bits per heavy atom. The van der Waals surface area contributed by atoms with E-state index in [4.69, 9.17) is 0 Å². The molecule has 0 nitrogen and oxygen atoms in total. The van der Waals surface area contributed by atoms with Crippen molar-refractivity contribution < 1.29 is 0 Å². The summed E-state index contributed by atoms with van der Waals surface area (Å²) in [7, 11) is 0. The molecule has 0 aromatic rings. The molecule has 1 saturated carbocycles. The van der Waals surface area contributed by atoms with Crippen molar-refractivity contribution in [2.45, 2.75) is 104 Å². The van der Waals surface area contributed by atoms with Gasteiger partial charge in [-0.1, -0.05) is 97.8 Å². The van der Waals surface area contributed by atoms with Crippen LogP contribution in [0.15, 0.2) is 0 Å². The Hall–Kier alpha value is 0. The molecule has 0 aromatic heterocycles. The summed E-state index contributed by atoms with van der Waals surface area (Å²) in [5.41, 5.74) is 0. The molecule has 1 aliphatic rings. The Morgan fingerprint density at radius 1 is 0.737 bits per heavy atom. The molecule has 1 aliphatic carbocycles. The lowest BCUT2D eigenvalue weighted by Gasteiger charge is -2.17. The molecule has 3 atom stereocenters. The Balaban J connectivity index is 2.12. The summed E-state index contributed by atoms with van der Waals surface area (Å²) in [4.78, 5) is 0. The zero-order valence-electron chi connectivity index (χ0n) is 13.9. The normalized spacial score (nSPS) is 23.5. The van der Waals surface area contributed by atoms with Crippen molar-refractivity contribution >= 4 is 0 Å². The highest BCUT2D eigenvalue weighted by molar-refractivity contribution is 4.90. The Morgan fingerprint density at radius 3 is 2.05 bits per heavy atom. The van der Waals surface area contributed by atoms with Gasteiger partial charge < -0.3 is 0 Å². The molecule has 1 rings (SSSR count). The molecule has 0 N–H and O–H groups in total. The number of unbranched alkanes of at least 4 members (excludes halogenated alkanes) is 6. The summed E-state index contributed by atoms with van der Waals surface area (Å²) in [6.07, 6.45) is 19.2. The highest BCUT2D eigenvalue weighted by atomic mass is 14.5. The van der Waals surface area contributed by atoms with E-state index in [1.807, 2.05) is 0 Å². The number of rotatable bonds is 13. The molecule has 19 heavy (non-hydrogen) atoms. The van der Waals surface area contributed by atoms with Gasteiger partial charge >= 0.3 is 0 Å². The lowest BCUT2D eigenvalue weighted by atomic mass is 9.89. The third-order valence-electron chi connectivity index (χ3n) is 5.10. The average Bonchev–Trinajstić information content (AvgIpc) is 3.17. The van der Waals surface area contributed by atoms with Gasteiger partial charge in [0.1, 0.15) is 0 Å². The van der Waals surface area contributed by atoms with Crippen LogP contribution in [0.2, 0.25) is 0 Å². The molecule has 0 heteroatoms. The third-order valence-corrected chi connectivity index (χ3v) is 5.10. The molecule has 0 radical (unpaired) electrons. The van der Waals surface area contributed by atoms with Gasteiger partial charge in [-0.2, -0.15) is 0 Å². The van der Waals surface area contributed by atoms with Crippen LogP contribution in [-0.2, 0) is 0 Å². The highest BCUT2D eigenvalue weighted by Crippen LogP contribution is 2.50. The minimum absolute atomic E-state index is 1.09. The van der Waals surface area contributed by atoms with E-state index in [0.29, 0.717) is 0 Å². The van der Waals surface area contributed by atoms with Gasteiger partial charge in [-0.15, -0.1) is 0 Å². The van der Waals surface area contributed by atoms with Crippen LogP contribution in [-0.4, -0.2) is 0 Å². The SMILES string of the molecule is CCCCCCCCC(CCCC)C1CC1CCC. The molecular weight excluding hydrogens is 228 g/mol. The van der Waals surface area contributed by atoms with Crippen molar-refractivity contribution in [1.29, 1.82) is 0 Å². The van der Waals surface area contributed by atoms with E-state index in [0.717, 1.165) is 17.8 Å². The van der Waals surface area contributed by atoms with Crippen LogP contribution in [0.4, 0.5) is 0 Å². The van der Waals surface area contributed by atoms with Gasteiger partial charge in [0.25, 0.3) is 0 Å². The fourth-order valence-corrected chi connectivity index (χ4v) is 3.78. The first-order chi connectivity index (χ1) is 9.33. The zero-order valence-corrected chi connectivity index (χ0v) is 13.9. The standard InChI is InChI=1S/C19H38/c1-4-7-9-10-11-12-15-17(14-8-5-2)19-16-18(19)13-6-3/h17-19H,4-16H2,1-3H3. The second-order valence-electron chi connectivity index (χ2n) is 6.91. The Labute approximate surface area is 122 Å². The Bertz CT molecular complexity index is 196. The summed E-state index contributed by atoms with van der Waals surface area (Å²) in [5.74, 6) is 3.33. The number of hydrogen-bond acceptors (Lipinski definition) is 0. The quantitative estimate of drug-likeness (QED) is 0.315. The van der Waals surface area contributed by atoms with Gasteiger partial charge in [0.15, 0.2) is 0 Å². The second kappa shape index (κ2) is 10.7. The first-order valence-electron chi connectivity index (χ1n) is 9.33. The predicted molar refractivity (Wildman–Crippen MR) is 87.5 cm³/mol. The molecule has 0 amide bonds. The summed E-state index contributed by atoms with van der Waals surface area (Å²) in [6.45, 7) is 7.00. The van der Waals surface area contributed by atoms with E-state index in [2.05, 4.69) is 20.8 Å². The topological polar surface area (TPSA) is 0 Å². The Kier molecular flexibility index (Phi) is 9.65. The maximum Gasteiger partial charge on any atom is -0.0355 e. The predicted octanol–water partition coefficient (Wildman–Crippen LogP) is 6.98. The summed E-state index contributed by atoms with van der Waals surface area (Å²) < 4.78 is 0. The molecule has 0 bridgehead atoms. The van der Waals surface area contributed by atoms with Gasteiger partial charge in [-0.3, -0.25) is 0 Å². The van der Waals surface area contributed by atoms with E-state index in [-0.39, 0.29) is 0 Å². The lowest BCUT2D eigenvalue weighted by molar-refractivity contribution is 0.348. The van der Waals surface area contributed by atoms with Crippen LogP contribution in [0.3, 0.4) is 0 Å². The first kappa shape index (κ1) is 17.1. The smallest absolute Gasteiger partial charge is 0.0355 e. The molecular formula is C19H38. The maximum atomic E-state index is 2.35. The van der Waals surface area contributed by atoms with E-state index in [1.165, 1.54) is 77.0 Å². The van der Waals surface area contributed by atoms with Crippen molar-refractivity contribution in [2.75, 3.05) is 0 Å². The number of hydrogen-bond donors (Lipinski definition) is 0. The van der Waals surface area contributed by atoms with Crippen LogP contribution in [0.25, 0.3) is 0 Å². The minimum atomic E-state index is 1.09. The second-order valence-corrected chi connectivity index (χ2v) is 6.91. The van der Waals surface area contributed by atoms with Crippen molar-refractivity contribution in [3.8, 4) is 0 Å². The van der Waals surface area contributed by atoms with Gasteiger partial charge in [0.2, 0.25) is 0 Å². The zero-order chi connectivity index (χ0) is 13.9. The van der Waals surface area contributed by atoms with Gasteiger partial charge in [-0.05, 0) is 24.2 Å². The van der Waals surface area contributed by atoms with Gasteiger partial charge in [0.05, 0.1) is 0 Å². The largest absolute Gasteiger partial charge is 0.0654 e. The van der Waals surface area contributed by atoms with Crippen LogP contribution in [0, 0.1) is 17.8 Å². The van der Waals surface area contributed by atoms with E-state index in [9.17, 15) is 0 Å². The first-order valence-corrected chi connectivity index (χ1v) is 9.33. The van der Waals surface area contributed by atoms with Crippen molar-refractivity contribution in [3.63, 3.8) is 0 Å². The average molecular weight is 267 g/mol. The monoisotopic (exact) mass is 266 g/mol. The summed E-state index contributed by atoms with van der Waals surface area (Å²) >= 11 is 0. The molecule has 0 saturated heterocycles. The van der Waals surface area contributed by atoms with Crippen molar-refractivity contribution in [1.82, 2.24) is 0 Å². The van der Waals surface area contributed by atoms with Crippen LogP contribution in [0.1, 0.15) is 104 Å². The van der Waals surface area contributed by atoms with Gasteiger partial charge in [0, 0.05) is 0 Å². The molecule has 1 fully saturated rings. The summed E-state index contributed by atoms with van der Waals surface area (Å²) in [5, 5.41) is 0. The van der Waals surface area contributed by atoms with Crippen LogP contribution >= 0.6 is 0 Å². The fourth-order valence-electron chi connectivity index (χ4n) is 3.78. The minimum Gasteiger partial charge on any atom is -0.0654 e. The van der Waals surface area contributed by atoms with E-state index < -0.39 is 0 Å². The lowest BCUT2D eigenvalue weighted by Crippen LogP contribution is -2.05. The molecule has 0 spiro atoms. The third kappa shape index (κ3) is 7.37. The molecule has 0 heterocycles. The highest BCUT2D eigenvalue weighted by Gasteiger charge is 2.40. The van der Waals surface area contributed by atoms with Crippen molar-refractivity contribution in [3.05, 3.63) is 0 Å².